The van der Waals surface area contributed by atoms with Crippen molar-refractivity contribution in [2.75, 3.05) is 13.1 Å². The summed E-state index contributed by atoms with van der Waals surface area (Å²) in [5.41, 5.74) is 3.91. The van der Waals surface area contributed by atoms with Gasteiger partial charge in [-0.15, -0.1) is 0 Å². The summed E-state index contributed by atoms with van der Waals surface area (Å²) >= 11 is 0. The minimum absolute atomic E-state index is 0.0371. The fourth-order valence-electron chi connectivity index (χ4n) is 3.36. The molecule has 5 nitrogen and oxygen atoms in total. The number of hydrogen-bond acceptors (Lipinski definition) is 3. The van der Waals surface area contributed by atoms with Gasteiger partial charge in [0, 0.05) is 30.4 Å². The van der Waals surface area contributed by atoms with Crippen LogP contribution in [0, 0.1) is 19.3 Å². The zero-order valence-corrected chi connectivity index (χ0v) is 14.9. The van der Waals surface area contributed by atoms with E-state index in [0.29, 0.717) is 23.6 Å². The summed E-state index contributed by atoms with van der Waals surface area (Å²) in [5, 5.41) is 11.0. The van der Waals surface area contributed by atoms with Gasteiger partial charge in [0.1, 0.15) is 0 Å². The van der Waals surface area contributed by atoms with Crippen molar-refractivity contribution in [2.24, 2.45) is 5.41 Å². The number of nitrogens with one attached hydrogen (secondary N) is 2. The van der Waals surface area contributed by atoms with Gasteiger partial charge in [0.25, 0.3) is 5.91 Å². The van der Waals surface area contributed by atoms with Crippen LogP contribution in [-0.2, 0) is 0 Å². The monoisotopic (exact) mass is 326 g/mol. The highest BCUT2D eigenvalue weighted by Gasteiger charge is 2.30. The lowest BCUT2D eigenvalue weighted by atomic mass is 9.91. The second-order valence-electron chi connectivity index (χ2n) is 7.55. The molecule has 0 radical (unpaired) electrons. The fraction of sp³-hybridized carbons (Fsp3) is 0.474. The van der Waals surface area contributed by atoms with E-state index in [1.165, 1.54) is 0 Å². The van der Waals surface area contributed by atoms with E-state index in [1.807, 2.05) is 48.9 Å². The van der Waals surface area contributed by atoms with E-state index in [2.05, 4.69) is 29.6 Å². The van der Waals surface area contributed by atoms with Crippen molar-refractivity contribution in [1.82, 2.24) is 20.4 Å². The molecule has 2 aromatic rings. The number of hydrogen-bond donors (Lipinski definition) is 2. The standard InChI is InChI=1S/C19H26N4O/c1-13-8-14(2)23(22-13)17-7-5-6-15(9-17)18(24)20-11-16-10-19(3,4)12-21-16/h5-9,16,21H,10-12H2,1-4H3,(H,20,24)/t16-/m0/s1. The van der Waals surface area contributed by atoms with Crippen LogP contribution in [0.1, 0.15) is 42.0 Å². The molecular formula is C19H26N4O. The van der Waals surface area contributed by atoms with Gasteiger partial charge in [-0.2, -0.15) is 5.10 Å². The van der Waals surface area contributed by atoms with E-state index in [1.54, 1.807) is 0 Å². The zero-order chi connectivity index (χ0) is 17.3. The Hall–Kier alpha value is -2.14. The Bertz CT molecular complexity index is 748. The molecule has 24 heavy (non-hydrogen) atoms. The summed E-state index contributed by atoms with van der Waals surface area (Å²) in [6.07, 6.45) is 1.08. The van der Waals surface area contributed by atoms with Crippen LogP contribution in [-0.4, -0.2) is 34.8 Å². The Morgan fingerprint density at radius 1 is 1.38 bits per heavy atom. The molecule has 0 aliphatic carbocycles. The molecule has 2 heterocycles. The van der Waals surface area contributed by atoms with Crippen molar-refractivity contribution in [3.05, 3.63) is 47.3 Å². The number of carbonyl (C=O) groups excluding carboxylic acids is 1. The van der Waals surface area contributed by atoms with Crippen molar-refractivity contribution in [3.8, 4) is 5.69 Å². The molecule has 0 unspecified atom stereocenters. The van der Waals surface area contributed by atoms with Crippen molar-refractivity contribution in [1.29, 1.82) is 0 Å². The normalized spacial score (nSPS) is 19.4. The number of aromatic nitrogens is 2. The minimum atomic E-state index is -0.0371. The number of carbonyl (C=O) groups is 1. The third-order valence-electron chi connectivity index (χ3n) is 4.54. The highest BCUT2D eigenvalue weighted by Crippen LogP contribution is 2.26. The number of amides is 1. The van der Waals surface area contributed by atoms with Crippen LogP contribution in [0.5, 0.6) is 0 Å². The Balaban J connectivity index is 1.68. The summed E-state index contributed by atoms with van der Waals surface area (Å²) < 4.78 is 1.87. The van der Waals surface area contributed by atoms with Crippen LogP contribution in [0.4, 0.5) is 0 Å². The quantitative estimate of drug-likeness (QED) is 0.908. The largest absolute Gasteiger partial charge is 0.350 e. The molecule has 1 aliphatic heterocycles. The second-order valence-corrected chi connectivity index (χ2v) is 7.55. The van der Waals surface area contributed by atoms with Gasteiger partial charge in [0.2, 0.25) is 0 Å². The van der Waals surface area contributed by atoms with E-state index in [0.717, 1.165) is 30.0 Å². The van der Waals surface area contributed by atoms with Gasteiger partial charge in [-0.25, -0.2) is 4.68 Å². The minimum Gasteiger partial charge on any atom is -0.350 e. The van der Waals surface area contributed by atoms with E-state index in [9.17, 15) is 4.79 Å². The lowest BCUT2D eigenvalue weighted by Crippen LogP contribution is -2.37. The first-order chi connectivity index (χ1) is 11.3. The lowest BCUT2D eigenvalue weighted by molar-refractivity contribution is 0.0949. The van der Waals surface area contributed by atoms with E-state index >= 15 is 0 Å². The van der Waals surface area contributed by atoms with Crippen LogP contribution in [0.15, 0.2) is 30.3 Å². The summed E-state index contributed by atoms with van der Waals surface area (Å²) in [5.74, 6) is -0.0371. The number of rotatable bonds is 4. The molecule has 128 valence electrons. The molecule has 1 atom stereocenters. The first kappa shape index (κ1) is 16.7. The SMILES string of the molecule is Cc1cc(C)n(-c2cccc(C(=O)NC[C@@H]3CC(C)(C)CN3)c2)n1. The van der Waals surface area contributed by atoms with Gasteiger partial charge in [-0.3, -0.25) is 4.79 Å². The first-order valence-corrected chi connectivity index (χ1v) is 8.49. The Morgan fingerprint density at radius 2 is 2.17 bits per heavy atom. The van der Waals surface area contributed by atoms with Crippen molar-refractivity contribution < 1.29 is 4.79 Å². The predicted octanol–water partition coefficient (Wildman–Crippen LogP) is 2.61. The smallest absolute Gasteiger partial charge is 0.251 e. The Kier molecular flexibility index (Phi) is 4.45. The van der Waals surface area contributed by atoms with Crippen LogP contribution in [0.2, 0.25) is 0 Å². The van der Waals surface area contributed by atoms with Crippen LogP contribution in [0.3, 0.4) is 0 Å². The van der Waals surface area contributed by atoms with Crippen molar-refractivity contribution in [2.45, 2.75) is 40.2 Å². The average molecular weight is 326 g/mol. The molecule has 1 aliphatic rings. The average Bonchev–Trinajstić information content (AvgIpc) is 3.06. The topological polar surface area (TPSA) is 59.0 Å². The number of nitrogens with zero attached hydrogens (tertiary/aromatic N) is 2. The molecule has 1 saturated heterocycles. The van der Waals surface area contributed by atoms with Gasteiger partial charge in [-0.1, -0.05) is 19.9 Å². The van der Waals surface area contributed by atoms with Gasteiger partial charge in [0.15, 0.2) is 0 Å². The van der Waals surface area contributed by atoms with Crippen molar-refractivity contribution in [3.63, 3.8) is 0 Å². The van der Waals surface area contributed by atoms with Crippen LogP contribution < -0.4 is 10.6 Å². The Labute approximate surface area is 143 Å². The first-order valence-electron chi connectivity index (χ1n) is 8.49. The van der Waals surface area contributed by atoms with E-state index in [-0.39, 0.29) is 5.91 Å². The molecule has 1 fully saturated rings. The molecule has 0 spiro atoms. The molecular weight excluding hydrogens is 300 g/mol. The van der Waals surface area contributed by atoms with Gasteiger partial charge >= 0.3 is 0 Å². The summed E-state index contributed by atoms with van der Waals surface area (Å²) in [7, 11) is 0. The van der Waals surface area contributed by atoms with Gasteiger partial charge in [0.05, 0.1) is 11.4 Å². The maximum absolute atomic E-state index is 12.5. The molecule has 3 rings (SSSR count). The van der Waals surface area contributed by atoms with Crippen LogP contribution in [0.25, 0.3) is 5.69 Å². The van der Waals surface area contributed by atoms with E-state index in [4.69, 9.17) is 0 Å². The number of aryl methyl sites for hydroxylation is 2. The molecule has 0 bridgehead atoms. The summed E-state index contributed by atoms with van der Waals surface area (Å²) in [4.78, 5) is 12.5. The van der Waals surface area contributed by atoms with Gasteiger partial charge < -0.3 is 10.6 Å². The predicted molar refractivity (Wildman–Crippen MR) is 95.6 cm³/mol. The highest BCUT2D eigenvalue weighted by molar-refractivity contribution is 5.94. The maximum atomic E-state index is 12.5. The number of benzene rings is 1. The third kappa shape index (κ3) is 3.67. The summed E-state index contributed by atoms with van der Waals surface area (Å²) in [6.45, 7) is 10.1. The van der Waals surface area contributed by atoms with E-state index < -0.39 is 0 Å². The lowest BCUT2D eigenvalue weighted by Gasteiger charge is -2.16. The summed E-state index contributed by atoms with van der Waals surface area (Å²) in [6, 6.07) is 9.98. The molecule has 2 N–H and O–H groups in total. The zero-order valence-electron chi connectivity index (χ0n) is 14.9. The molecule has 1 aromatic heterocycles. The van der Waals surface area contributed by atoms with Gasteiger partial charge in [-0.05, 0) is 49.9 Å². The Morgan fingerprint density at radius 3 is 2.79 bits per heavy atom. The molecule has 1 amide bonds. The second kappa shape index (κ2) is 6.40. The third-order valence-corrected chi connectivity index (χ3v) is 4.54. The highest BCUT2D eigenvalue weighted by atomic mass is 16.1. The molecule has 5 heteroatoms. The molecule has 0 saturated carbocycles. The molecule has 1 aromatic carbocycles. The van der Waals surface area contributed by atoms with Crippen molar-refractivity contribution >= 4 is 5.91 Å². The fourth-order valence-corrected chi connectivity index (χ4v) is 3.36. The van der Waals surface area contributed by atoms with Crippen LogP contribution >= 0.6 is 0 Å². The maximum Gasteiger partial charge on any atom is 0.251 e.